The van der Waals surface area contributed by atoms with Gasteiger partial charge in [0.25, 0.3) is 0 Å². The summed E-state index contributed by atoms with van der Waals surface area (Å²) in [7, 11) is -1.77. The van der Waals surface area contributed by atoms with Crippen molar-refractivity contribution in [3.8, 4) is 10.4 Å². The number of para-hydroxylation sites is 1. The van der Waals surface area contributed by atoms with Gasteiger partial charge in [0.15, 0.2) is 12.0 Å². The third kappa shape index (κ3) is 6.60. The van der Waals surface area contributed by atoms with E-state index in [1.807, 2.05) is 0 Å². The molecule has 0 saturated heterocycles. The Morgan fingerprint density at radius 1 is 1.13 bits per heavy atom. The number of halogens is 1. The quantitative estimate of drug-likeness (QED) is 0.215. The number of nitrogens with zero attached hydrogens (tertiary/aromatic N) is 2. The fourth-order valence-corrected chi connectivity index (χ4v) is 8.95. The number of anilines is 3. The zero-order valence-electron chi connectivity index (χ0n) is 26.4. The first kappa shape index (κ1) is 35.1. The molecule has 1 fully saturated rings. The molecule has 2 atom stereocenters. The van der Waals surface area contributed by atoms with E-state index < -0.39 is 45.6 Å². The lowest BCUT2D eigenvalue weighted by Crippen LogP contribution is -2.64. The largest absolute Gasteiger partial charge is 0.477 e. The van der Waals surface area contributed by atoms with Gasteiger partial charge in [0, 0.05) is 36.2 Å². The molecule has 1 unspecified atom stereocenters. The Morgan fingerprint density at radius 2 is 1.79 bits per heavy atom. The first-order valence-corrected chi connectivity index (χ1v) is 17.7. The molecule has 1 aromatic heterocycles. The van der Waals surface area contributed by atoms with Gasteiger partial charge in [-0.05, 0) is 57.0 Å². The Balaban J connectivity index is 1.64. The van der Waals surface area contributed by atoms with Crippen LogP contribution in [0.15, 0.2) is 53.4 Å². The molecular formula is C32H38ClN3O9S2. The van der Waals surface area contributed by atoms with Crippen molar-refractivity contribution in [2.24, 2.45) is 5.92 Å². The highest BCUT2D eigenvalue weighted by Crippen LogP contribution is 2.50. The Kier molecular flexibility index (Phi) is 9.96. The normalized spacial score (nSPS) is 21.9. The number of carbonyl (C=O) groups is 2. The van der Waals surface area contributed by atoms with Crippen molar-refractivity contribution in [1.82, 2.24) is 4.31 Å². The summed E-state index contributed by atoms with van der Waals surface area (Å²) < 4.78 is 40.1. The van der Waals surface area contributed by atoms with Crippen LogP contribution in [0.25, 0.3) is 10.4 Å². The molecule has 2 aromatic carbocycles. The van der Waals surface area contributed by atoms with Gasteiger partial charge in [-0.25, -0.2) is 18.0 Å². The molecule has 0 spiro atoms. The number of fused-ring (bicyclic) bond motifs is 1. The van der Waals surface area contributed by atoms with Crippen LogP contribution in [0.2, 0.25) is 5.02 Å². The molecule has 0 radical (unpaired) electrons. The van der Waals surface area contributed by atoms with Gasteiger partial charge in [-0.1, -0.05) is 49.1 Å². The number of aliphatic hydroxyl groups is 2. The minimum atomic E-state index is -4.49. The maximum Gasteiger partial charge on any atom is 0.411 e. The maximum atomic E-state index is 14.4. The highest BCUT2D eigenvalue weighted by atomic mass is 35.5. The van der Waals surface area contributed by atoms with E-state index in [2.05, 4.69) is 5.32 Å². The number of carboxylic acids is 1. The van der Waals surface area contributed by atoms with Gasteiger partial charge in [-0.2, -0.15) is 4.31 Å². The number of likely N-dealkylation sites (N-methyl/N-ethyl adjacent to an activating group) is 1. The van der Waals surface area contributed by atoms with Crippen LogP contribution in [0.5, 0.6) is 0 Å². The van der Waals surface area contributed by atoms with Crippen molar-refractivity contribution in [1.29, 1.82) is 0 Å². The number of aromatic carboxylic acids is 1. The number of nitrogens with one attached hydrogen (secondary N) is 1. The predicted octanol–water partition coefficient (Wildman–Crippen LogP) is 6.10. The highest BCUT2D eigenvalue weighted by Gasteiger charge is 2.56. The van der Waals surface area contributed by atoms with Crippen LogP contribution in [0.3, 0.4) is 0 Å². The molecule has 2 aliphatic rings. The van der Waals surface area contributed by atoms with Gasteiger partial charge in [-0.3, -0.25) is 5.32 Å². The molecule has 3 aromatic rings. The van der Waals surface area contributed by atoms with Crippen LogP contribution < -0.4 is 10.2 Å². The summed E-state index contributed by atoms with van der Waals surface area (Å²) in [5.74, 6) is -1.89. The molecule has 2 heterocycles. The van der Waals surface area contributed by atoms with Crippen LogP contribution in [-0.2, 0) is 19.5 Å². The first-order chi connectivity index (χ1) is 22.1. The number of methoxy groups -OCH3 is 1. The second-order valence-electron chi connectivity index (χ2n) is 12.3. The Hall–Kier alpha value is -3.24. The summed E-state index contributed by atoms with van der Waals surface area (Å²) in [5.41, 5.74) is -2.41. The van der Waals surface area contributed by atoms with E-state index in [0.717, 1.165) is 34.9 Å². The van der Waals surface area contributed by atoms with Gasteiger partial charge < -0.3 is 29.7 Å². The number of sulfonamides is 1. The minimum absolute atomic E-state index is 0.0359. The molecule has 0 bridgehead atoms. The third-order valence-electron chi connectivity index (χ3n) is 8.85. The van der Waals surface area contributed by atoms with Crippen molar-refractivity contribution in [3.05, 3.63) is 58.4 Å². The molecular weight excluding hydrogens is 670 g/mol. The van der Waals surface area contributed by atoms with Crippen LogP contribution in [0.4, 0.5) is 21.9 Å². The molecule has 1 aliphatic heterocycles. The fourth-order valence-electron chi connectivity index (χ4n) is 6.04. The summed E-state index contributed by atoms with van der Waals surface area (Å²) in [4.78, 5) is 25.9. The lowest BCUT2D eigenvalue weighted by atomic mass is 9.80. The SMILES string of the molecule is COC(C)(C)COC(=O)Nc1cc(-c2cc3c(cc2Cl)N(c2ccccc2)C(O)[C@](O)(C2CCCCC2)N(C)S3(=O)=O)sc1C(=O)O. The molecule has 15 heteroatoms. The highest BCUT2D eigenvalue weighted by molar-refractivity contribution is 7.89. The average Bonchev–Trinajstić information content (AvgIpc) is 3.46. The van der Waals surface area contributed by atoms with Gasteiger partial charge in [-0.15, -0.1) is 11.3 Å². The molecule has 5 rings (SSSR count). The number of ether oxygens (including phenoxy) is 2. The number of carboxylic acid groups (broad SMARTS) is 1. The van der Waals surface area contributed by atoms with Crippen LogP contribution >= 0.6 is 22.9 Å². The molecule has 47 heavy (non-hydrogen) atoms. The standard InChI is InChI=1S/C32H38ClN3O9S2/c1-31(2,44-4)18-45-30(40)34-23-17-25(46-27(23)28(37)38)21-15-26-24(16-22(21)33)36(20-13-9-6-10-14-20)29(39)32(41,35(3)47(26,42)43)19-11-7-5-8-12-19/h6,9-10,13-17,19,29,39,41H,5,7-8,11-12,18H2,1-4H3,(H,34,40)(H,37,38)/t29?,32-/m1/s1. The van der Waals surface area contributed by atoms with Gasteiger partial charge in [0.1, 0.15) is 16.4 Å². The number of carbonyl (C=O) groups excluding carboxylic acids is 1. The van der Waals surface area contributed by atoms with E-state index in [1.54, 1.807) is 44.2 Å². The topological polar surface area (TPSA) is 166 Å². The Bertz CT molecular complexity index is 1760. The smallest absolute Gasteiger partial charge is 0.411 e. The predicted molar refractivity (Wildman–Crippen MR) is 179 cm³/mol. The third-order valence-corrected chi connectivity index (χ3v) is 12.2. The number of benzene rings is 2. The Labute approximate surface area is 282 Å². The summed E-state index contributed by atoms with van der Waals surface area (Å²) in [6.07, 6.45) is 0.925. The summed E-state index contributed by atoms with van der Waals surface area (Å²) in [5, 5.41) is 36.7. The van der Waals surface area contributed by atoms with Crippen molar-refractivity contribution >= 4 is 62.1 Å². The van der Waals surface area contributed by atoms with Crippen molar-refractivity contribution in [3.63, 3.8) is 0 Å². The van der Waals surface area contributed by atoms with E-state index >= 15 is 0 Å². The first-order valence-electron chi connectivity index (χ1n) is 15.1. The molecule has 1 amide bonds. The maximum absolute atomic E-state index is 14.4. The number of aliphatic hydroxyl groups excluding tert-OH is 1. The minimum Gasteiger partial charge on any atom is -0.477 e. The zero-order valence-corrected chi connectivity index (χ0v) is 28.8. The molecule has 1 aliphatic carbocycles. The number of hydrogen-bond donors (Lipinski definition) is 4. The van der Waals surface area contributed by atoms with Crippen molar-refractivity contribution in [2.45, 2.75) is 68.4 Å². The molecule has 4 N–H and O–H groups in total. The second-order valence-corrected chi connectivity index (χ2v) is 15.7. The van der Waals surface area contributed by atoms with Crippen LogP contribution in [0, 0.1) is 5.92 Å². The molecule has 1 saturated carbocycles. The van der Waals surface area contributed by atoms with E-state index in [9.17, 15) is 33.3 Å². The molecule has 12 nitrogen and oxygen atoms in total. The van der Waals surface area contributed by atoms with E-state index in [0.29, 0.717) is 18.5 Å². The number of hydrogen-bond acceptors (Lipinski definition) is 10. The second kappa shape index (κ2) is 13.3. The summed E-state index contributed by atoms with van der Waals surface area (Å²) in [6.45, 7) is 3.32. The lowest BCUT2D eigenvalue weighted by molar-refractivity contribution is -0.177. The van der Waals surface area contributed by atoms with Gasteiger partial charge in [0.05, 0.1) is 22.0 Å². The summed E-state index contributed by atoms with van der Waals surface area (Å²) >= 11 is 7.60. The monoisotopic (exact) mass is 707 g/mol. The molecule has 254 valence electrons. The Morgan fingerprint density at radius 3 is 2.40 bits per heavy atom. The zero-order chi connectivity index (χ0) is 34.3. The fraction of sp³-hybridized carbons (Fsp3) is 0.438. The van der Waals surface area contributed by atoms with Gasteiger partial charge in [0.2, 0.25) is 10.0 Å². The van der Waals surface area contributed by atoms with Crippen molar-refractivity contribution < 1.29 is 42.8 Å². The van der Waals surface area contributed by atoms with E-state index in [-0.39, 0.29) is 43.2 Å². The average molecular weight is 708 g/mol. The van der Waals surface area contributed by atoms with Gasteiger partial charge >= 0.3 is 12.1 Å². The van der Waals surface area contributed by atoms with Crippen LogP contribution in [0.1, 0.15) is 55.6 Å². The number of amides is 1. The van der Waals surface area contributed by atoms with E-state index in [1.165, 1.54) is 37.3 Å². The van der Waals surface area contributed by atoms with E-state index in [4.69, 9.17) is 21.1 Å². The number of rotatable bonds is 8. The lowest BCUT2D eigenvalue weighted by Gasteiger charge is -2.47. The van der Waals surface area contributed by atoms with Crippen LogP contribution in [-0.4, -0.2) is 78.4 Å². The summed E-state index contributed by atoms with van der Waals surface area (Å²) in [6, 6.07) is 12.7. The van der Waals surface area contributed by atoms with Crippen molar-refractivity contribution in [2.75, 3.05) is 31.0 Å². The number of thiophene rings is 1.